The molecule has 1 aliphatic rings. The fourth-order valence-electron chi connectivity index (χ4n) is 2.49. The van der Waals surface area contributed by atoms with E-state index in [0.717, 1.165) is 25.9 Å². The van der Waals surface area contributed by atoms with Gasteiger partial charge in [0.15, 0.2) is 0 Å². The van der Waals surface area contributed by atoms with Gasteiger partial charge in [0.1, 0.15) is 19.0 Å². The van der Waals surface area contributed by atoms with E-state index in [1.165, 1.54) is 23.9 Å². The van der Waals surface area contributed by atoms with Crippen molar-refractivity contribution in [3.05, 3.63) is 19.0 Å². The van der Waals surface area contributed by atoms with Crippen molar-refractivity contribution in [3.63, 3.8) is 0 Å². The fraction of sp³-hybridized carbons (Fsp3) is 0.625. The van der Waals surface area contributed by atoms with Gasteiger partial charge in [0.05, 0.1) is 6.61 Å². The molecule has 1 aromatic rings. The number of likely N-dealkylation sites (tertiary alicyclic amines) is 1. The summed E-state index contributed by atoms with van der Waals surface area (Å²) in [4.78, 5) is 30.1. The van der Waals surface area contributed by atoms with Gasteiger partial charge in [-0.25, -0.2) is 9.67 Å². The molecule has 1 saturated heterocycles. The van der Waals surface area contributed by atoms with E-state index < -0.39 is 6.10 Å². The standard InChI is InChI=1S/C16H25N5O3/c1-3-10-24-13(2)15(23)18-16-17-12-21(19-16)11-14(22)20-8-6-4-5-7-9-20/h3,12-13H,1,4-11H2,2H3,(H,18,19,23)/t13-/m1/s1. The number of rotatable bonds is 7. The first kappa shape index (κ1) is 18.1. The number of carbonyl (C=O) groups is 2. The predicted octanol–water partition coefficient (Wildman–Crippen LogP) is 1.21. The normalized spacial score (nSPS) is 16.3. The lowest BCUT2D eigenvalue weighted by Crippen LogP contribution is -2.34. The molecular formula is C16H25N5O3. The number of hydrogen-bond donors (Lipinski definition) is 1. The van der Waals surface area contributed by atoms with Gasteiger partial charge >= 0.3 is 0 Å². The maximum absolute atomic E-state index is 12.3. The van der Waals surface area contributed by atoms with Crippen molar-refractivity contribution in [2.45, 2.75) is 45.3 Å². The van der Waals surface area contributed by atoms with Crippen molar-refractivity contribution in [3.8, 4) is 0 Å². The van der Waals surface area contributed by atoms with Crippen molar-refractivity contribution in [2.24, 2.45) is 0 Å². The Kier molecular flexibility index (Phi) is 6.92. The molecule has 8 heteroatoms. The van der Waals surface area contributed by atoms with Crippen LogP contribution >= 0.6 is 0 Å². The van der Waals surface area contributed by atoms with E-state index in [-0.39, 0.29) is 24.3 Å². The Labute approximate surface area is 141 Å². The van der Waals surface area contributed by atoms with Gasteiger partial charge in [-0.05, 0) is 19.8 Å². The van der Waals surface area contributed by atoms with E-state index in [1.807, 2.05) is 4.90 Å². The molecule has 0 saturated carbocycles. The minimum Gasteiger partial charge on any atom is -0.365 e. The molecule has 0 aromatic carbocycles. The zero-order chi connectivity index (χ0) is 17.4. The Morgan fingerprint density at radius 3 is 2.75 bits per heavy atom. The topological polar surface area (TPSA) is 89.3 Å². The van der Waals surface area contributed by atoms with Gasteiger partial charge in [-0.15, -0.1) is 11.7 Å². The number of hydrogen-bond acceptors (Lipinski definition) is 5. The predicted molar refractivity (Wildman–Crippen MR) is 89.3 cm³/mol. The molecule has 1 fully saturated rings. The third-order valence-electron chi connectivity index (χ3n) is 3.86. The molecule has 2 rings (SSSR count). The molecule has 0 bridgehead atoms. The second-order valence-corrected chi connectivity index (χ2v) is 5.81. The lowest BCUT2D eigenvalue weighted by atomic mass is 10.2. The summed E-state index contributed by atoms with van der Waals surface area (Å²) in [6.07, 6.45) is 6.84. The van der Waals surface area contributed by atoms with Crippen molar-refractivity contribution in [1.82, 2.24) is 19.7 Å². The van der Waals surface area contributed by atoms with Gasteiger partial charge in [-0.1, -0.05) is 18.9 Å². The van der Waals surface area contributed by atoms with Crippen LogP contribution in [0.5, 0.6) is 0 Å². The van der Waals surface area contributed by atoms with E-state index >= 15 is 0 Å². The van der Waals surface area contributed by atoms with Crippen LogP contribution in [0, 0.1) is 0 Å². The van der Waals surface area contributed by atoms with Gasteiger partial charge in [-0.3, -0.25) is 14.9 Å². The molecule has 1 aliphatic heterocycles. The lowest BCUT2D eigenvalue weighted by molar-refractivity contribution is -0.132. The third-order valence-corrected chi connectivity index (χ3v) is 3.86. The number of nitrogens with one attached hydrogen (secondary N) is 1. The number of nitrogens with zero attached hydrogens (tertiary/aromatic N) is 4. The highest BCUT2D eigenvalue weighted by molar-refractivity contribution is 5.92. The molecule has 0 unspecified atom stereocenters. The van der Waals surface area contributed by atoms with Crippen LogP contribution in [0.2, 0.25) is 0 Å². The van der Waals surface area contributed by atoms with Crippen LogP contribution in [0.15, 0.2) is 19.0 Å². The average molecular weight is 335 g/mol. The van der Waals surface area contributed by atoms with Crippen LogP contribution in [-0.4, -0.2) is 57.3 Å². The van der Waals surface area contributed by atoms with Crippen molar-refractivity contribution in [2.75, 3.05) is 25.0 Å². The highest BCUT2D eigenvalue weighted by Gasteiger charge is 2.18. The molecule has 0 radical (unpaired) electrons. The summed E-state index contributed by atoms with van der Waals surface area (Å²) in [7, 11) is 0. The third kappa shape index (κ3) is 5.45. The van der Waals surface area contributed by atoms with Gasteiger partial charge in [-0.2, -0.15) is 0 Å². The number of ether oxygens (including phenoxy) is 1. The van der Waals surface area contributed by atoms with E-state index in [0.29, 0.717) is 6.61 Å². The molecule has 1 aromatic heterocycles. The summed E-state index contributed by atoms with van der Waals surface area (Å²) in [5, 5.41) is 6.69. The van der Waals surface area contributed by atoms with Gasteiger partial charge < -0.3 is 9.64 Å². The lowest BCUT2D eigenvalue weighted by Gasteiger charge is -2.19. The highest BCUT2D eigenvalue weighted by atomic mass is 16.5. The van der Waals surface area contributed by atoms with Gasteiger partial charge in [0, 0.05) is 13.1 Å². The first-order valence-electron chi connectivity index (χ1n) is 8.30. The molecule has 8 nitrogen and oxygen atoms in total. The van der Waals surface area contributed by atoms with Crippen LogP contribution in [0.3, 0.4) is 0 Å². The van der Waals surface area contributed by atoms with E-state index in [9.17, 15) is 9.59 Å². The fourth-order valence-corrected chi connectivity index (χ4v) is 2.49. The van der Waals surface area contributed by atoms with Crippen LogP contribution in [0.25, 0.3) is 0 Å². The second kappa shape index (κ2) is 9.17. The van der Waals surface area contributed by atoms with Gasteiger partial charge in [0.2, 0.25) is 11.9 Å². The SMILES string of the molecule is C=CCO[C@H](C)C(=O)Nc1ncn(CC(=O)N2CCCCCC2)n1. The first-order valence-corrected chi connectivity index (χ1v) is 8.30. The summed E-state index contributed by atoms with van der Waals surface area (Å²) >= 11 is 0. The molecule has 0 aliphatic carbocycles. The van der Waals surface area contributed by atoms with Crippen LogP contribution in [-0.2, 0) is 20.9 Å². The quantitative estimate of drug-likeness (QED) is 0.757. The highest BCUT2D eigenvalue weighted by Crippen LogP contribution is 2.10. The Bertz CT molecular complexity index is 564. The molecule has 1 N–H and O–H groups in total. The number of carbonyl (C=O) groups excluding carboxylic acids is 2. The maximum atomic E-state index is 12.3. The largest absolute Gasteiger partial charge is 0.365 e. The zero-order valence-corrected chi connectivity index (χ0v) is 14.1. The molecule has 2 amide bonds. The Morgan fingerprint density at radius 1 is 1.38 bits per heavy atom. The van der Waals surface area contributed by atoms with Crippen LogP contribution in [0.4, 0.5) is 5.95 Å². The zero-order valence-electron chi connectivity index (χ0n) is 14.1. The monoisotopic (exact) mass is 335 g/mol. The van der Waals surface area contributed by atoms with E-state index in [2.05, 4.69) is 22.0 Å². The molecule has 0 spiro atoms. The summed E-state index contributed by atoms with van der Waals surface area (Å²) in [6, 6.07) is 0. The minimum absolute atomic E-state index is 0.0300. The molecular weight excluding hydrogens is 310 g/mol. The second-order valence-electron chi connectivity index (χ2n) is 5.81. The Hall–Kier alpha value is -2.22. The Balaban J connectivity index is 1.84. The van der Waals surface area contributed by atoms with Crippen LogP contribution in [0.1, 0.15) is 32.6 Å². The molecule has 132 valence electrons. The average Bonchev–Trinajstić information content (AvgIpc) is 2.84. The smallest absolute Gasteiger partial charge is 0.255 e. The van der Waals surface area contributed by atoms with Crippen LogP contribution < -0.4 is 5.32 Å². The van der Waals surface area contributed by atoms with Crippen molar-refractivity contribution < 1.29 is 14.3 Å². The molecule has 1 atom stereocenters. The summed E-state index contributed by atoms with van der Waals surface area (Å²) < 4.78 is 6.68. The summed E-state index contributed by atoms with van der Waals surface area (Å²) in [6.45, 7) is 7.19. The van der Waals surface area contributed by atoms with E-state index in [1.54, 1.807) is 13.0 Å². The molecule has 2 heterocycles. The Morgan fingerprint density at radius 2 is 2.08 bits per heavy atom. The minimum atomic E-state index is -0.631. The summed E-state index contributed by atoms with van der Waals surface area (Å²) in [5.41, 5.74) is 0. The molecule has 24 heavy (non-hydrogen) atoms. The van der Waals surface area contributed by atoms with Crippen molar-refractivity contribution >= 4 is 17.8 Å². The van der Waals surface area contributed by atoms with Crippen molar-refractivity contribution in [1.29, 1.82) is 0 Å². The van der Waals surface area contributed by atoms with Gasteiger partial charge in [0.25, 0.3) is 5.91 Å². The number of aromatic nitrogens is 3. The first-order chi connectivity index (χ1) is 11.6. The number of amides is 2. The summed E-state index contributed by atoms with van der Waals surface area (Å²) in [5.74, 6) is -0.145. The van der Waals surface area contributed by atoms with E-state index in [4.69, 9.17) is 4.74 Å². The number of anilines is 1. The maximum Gasteiger partial charge on any atom is 0.255 e.